The van der Waals surface area contributed by atoms with E-state index in [0.29, 0.717) is 12.0 Å². The first-order valence-electron chi connectivity index (χ1n) is 6.33. The summed E-state index contributed by atoms with van der Waals surface area (Å²) in [5.74, 6) is -0.323. The van der Waals surface area contributed by atoms with Crippen LogP contribution in [0.4, 0.5) is 0 Å². The van der Waals surface area contributed by atoms with E-state index in [1.807, 2.05) is 30.3 Å². The third-order valence-electron chi connectivity index (χ3n) is 2.93. The van der Waals surface area contributed by atoms with Gasteiger partial charge in [0.25, 0.3) is 5.91 Å². The molecule has 5 nitrogen and oxygen atoms in total. The Hall–Kier alpha value is -2.40. The van der Waals surface area contributed by atoms with Gasteiger partial charge in [-0.1, -0.05) is 30.3 Å². The second kappa shape index (κ2) is 6.68. The van der Waals surface area contributed by atoms with Crippen molar-refractivity contribution in [1.82, 2.24) is 10.3 Å². The standard InChI is InChI=1S/C15H16N2O3/c18-10-13(8-11-4-2-1-3-5-11)17-15(20)12-6-7-14(19)16-9-12/h1-7,9,13,18H,8,10H2,(H,16,19)(H,17,20). The number of amides is 1. The summed E-state index contributed by atoms with van der Waals surface area (Å²) in [6.07, 6.45) is 1.90. The molecule has 1 atom stereocenters. The van der Waals surface area contributed by atoms with Gasteiger partial charge in [-0.15, -0.1) is 0 Å². The van der Waals surface area contributed by atoms with Crippen LogP contribution in [0.15, 0.2) is 53.5 Å². The maximum atomic E-state index is 12.0. The maximum Gasteiger partial charge on any atom is 0.253 e. The highest BCUT2D eigenvalue weighted by atomic mass is 16.3. The Morgan fingerprint density at radius 3 is 2.55 bits per heavy atom. The van der Waals surface area contributed by atoms with E-state index in [-0.39, 0.29) is 24.1 Å². The second-order valence-electron chi connectivity index (χ2n) is 4.48. The van der Waals surface area contributed by atoms with E-state index in [9.17, 15) is 14.7 Å². The molecule has 104 valence electrons. The first-order valence-corrected chi connectivity index (χ1v) is 6.33. The Labute approximate surface area is 116 Å². The van der Waals surface area contributed by atoms with Crippen molar-refractivity contribution in [3.63, 3.8) is 0 Å². The highest BCUT2D eigenvalue weighted by molar-refractivity contribution is 5.94. The molecule has 0 radical (unpaired) electrons. The minimum absolute atomic E-state index is 0.149. The molecule has 0 spiro atoms. The van der Waals surface area contributed by atoms with Crippen LogP contribution in [0.5, 0.6) is 0 Å². The molecular weight excluding hydrogens is 256 g/mol. The third-order valence-corrected chi connectivity index (χ3v) is 2.93. The van der Waals surface area contributed by atoms with Crippen molar-refractivity contribution < 1.29 is 9.90 Å². The highest BCUT2D eigenvalue weighted by Gasteiger charge is 2.13. The van der Waals surface area contributed by atoms with Gasteiger partial charge in [-0.05, 0) is 18.1 Å². The van der Waals surface area contributed by atoms with E-state index < -0.39 is 0 Å². The molecule has 0 fully saturated rings. The number of hydrogen-bond acceptors (Lipinski definition) is 3. The van der Waals surface area contributed by atoms with Crippen molar-refractivity contribution >= 4 is 5.91 Å². The number of benzene rings is 1. The van der Waals surface area contributed by atoms with Crippen LogP contribution in [0.2, 0.25) is 0 Å². The smallest absolute Gasteiger partial charge is 0.253 e. The van der Waals surface area contributed by atoms with Crippen molar-refractivity contribution in [3.8, 4) is 0 Å². The maximum absolute atomic E-state index is 12.0. The third kappa shape index (κ3) is 3.80. The van der Waals surface area contributed by atoms with Crippen molar-refractivity contribution in [2.45, 2.75) is 12.5 Å². The minimum atomic E-state index is -0.364. The van der Waals surface area contributed by atoms with Crippen LogP contribution in [0.25, 0.3) is 0 Å². The summed E-state index contributed by atoms with van der Waals surface area (Å²) in [6.45, 7) is -0.149. The molecule has 0 saturated heterocycles. The van der Waals surface area contributed by atoms with Crippen LogP contribution in [0.3, 0.4) is 0 Å². The fourth-order valence-corrected chi connectivity index (χ4v) is 1.88. The summed E-state index contributed by atoms with van der Waals surface area (Å²) in [6, 6.07) is 12.0. The number of pyridine rings is 1. The number of hydrogen-bond donors (Lipinski definition) is 3. The zero-order chi connectivity index (χ0) is 14.4. The summed E-state index contributed by atoms with van der Waals surface area (Å²) < 4.78 is 0. The molecule has 0 saturated carbocycles. The van der Waals surface area contributed by atoms with Gasteiger partial charge in [0.15, 0.2) is 0 Å². The van der Waals surface area contributed by atoms with E-state index in [4.69, 9.17) is 0 Å². The lowest BCUT2D eigenvalue weighted by Crippen LogP contribution is -2.39. The number of aromatic amines is 1. The van der Waals surface area contributed by atoms with Gasteiger partial charge in [-0.2, -0.15) is 0 Å². The van der Waals surface area contributed by atoms with E-state index in [2.05, 4.69) is 10.3 Å². The lowest BCUT2D eigenvalue weighted by atomic mass is 10.1. The van der Waals surface area contributed by atoms with Gasteiger partial charge in [0.05, 0.1) is 18.2 Å². The van der Waals surface area contributed by atoms with Crippen molar-refractivity contribution in [2.75, 3.05) is 6.61 Å². The molecule has 1 aromatic carbocycles. The highest BCUT2D eigenvalue weighted by Crippen LogP contribution is 2.04. The Bertz CT molecular complexity index is 602. The molecule has 2 rings (SSSR count). The Morgan fingerprint density at radius 1 is 1.20 bits per heavy atom. The SMILES string of the molecule is O=C(NC(CO)Cc1ccccc1)c1ccc(=O)[nH]c1. The summed E-state index contributed by atoms with van der Waals surface area (Å²) in [5.41, 5.74) is 1.13. The van der Waals surface area contributed by atoms with Crippen molar-refractivity contribution in [2.24, 2.45) is 0 Å². The minimum Gasteiger partial charge on any atom is -0.394 e. The zero-order valence-electron chi connectivity index (χ0n) is 10.9. The normalized spacial score (nSPS) is 11.8. The van der Waals surface area contributed by atoms with Gasteiger partial charge in [-0.25, -0.2) is 0 Å². The number of carbonyl (C=O) groups excluding carboxylic acids is 1. The van der Waals surface area contributed by atoms with Gasteiger partial charge in [-0.3, -0.25) is 9.59 Å². The van der Waals surface area contributed by atoms with Crippen LogP contribution >= 0.6 is 0 Å². The van der Waals surface area contributed by atoms with Crippen LogP contribution in [-0.2, 0) is 6.42 Å². The largest absolute Gasteiger partial charge is 0.394 e. The predicted octanol–water partition coefficient (Wildman–Crippen LogP) is 0.708. The van der Waals surface area contributed by atoms with Crippen molar-refractivity contribution in [3.05, 3.63) is 70.1 Å². The van der Waals surface area contributed by atoms with Gasteiger partial charge in [0.1, 0.15) is 0 Å². The number of aliphatic hydroxyl groups is 1. The Morgan fingerprint density at radius 2 is 1.95 bits per heavy atom. The second-order valence-corrected chi connectivity index (χ2v) is 4.48. The Kier molecular flexibility index (Phi) is 4.68. The topological polar surface area (TPSA) is 82.2 Å². The number of aliphatic hydroxyl groups excluding tert-OH is 1. The Balaban J connectivity index is 2.01. The zero-order valence-corrected chi connectivity index (χ0v) is 10.9. The molecular formula is C15H16N2O3. The molecule has 2 aromatic rings. The van der Waals surface area contributed by atoms with Crippen LogP contribution in [0, 0.1) is 0 Å². The number of aromatic nitrogens is 1. The summed E-state index contributed by atoms with van der Waals surface area (Å²) in [5, 5.41) is 12.1. The first kappa shape index (κ1) is 14.0. The molecule has 0 aliphatic carbocycles. The lowest BCUT2D eigenvalue weighted by molar-refractivity contribution is 0.0916. The van der Waals surface area contributed by atoms with E-state index >= 15 is 0 Å². The molecule has 0 bridgehead atoms. The fourth-order valence-electron chi connectivity index (χ4n) is 1.88. The van der Waals surface area contributed by atoms with Crippen LogP contribution in [-0.4, -0.2) is 28.6 Å². The quantitative estimate of drug-likeness (QED) is 0.749. The molecule has 0 aliphatic heterocycles. The summed E-state index contributed by atoms with van der Waals surface area (Å²) >= 11 is 0. The molecule has 5 heteroatoms. The number of carbonyl (C=O) groups is 1. The average Bonchev–Trinajstić information content (AvgIpc) is 2.48. The summed E-state index contributed by atoms with van der Waals surface area (Å²) in [7, 11) is 0. The van der Waals surface area contributed by atoms with E-state index in [1.54, 1.807) is 0 Å². The summed E-state index contributed by atoms with van der Waals surface area (Å²) in [4.78, 5) is 25.4. The van der Waals surface area contributed by atoms with Crippen LogP contribution < -0.4 is 10.9 Å². The number of H-pyrrole nitrogens is 1. The molecule has 0 aliphatic rings. The first-order chi connectivity index (χ1) is 9.69. The molecule has 1 amide bonds. The molecule has 1 heterocycles. The van der Waals surface area contributed by atoms with Crippen LogP contribution in [0.1, 0.15) is 15.9 Å². The van der Waals surface area contributed by atoms with E-state index in [1.165, 1.54) is 18.3 Å². The lowest BCUT2D eigenvalue weighted by Gasteiger charge is -2.16. The predicted molar refractivity (Wildman–Crippen MR) is 75.5 cm³/mol. The average molecular weight is 272 g/mol. The monoisotopic (exact) mass is 272 g/mol. The van der Waals surface area contributed by atoms with Gasteiger partial charge in [0.2, 0.25) is 5.56 Å². The molecule has 20 heavy (non-hydrogen) atoms. The van der Waals surface area contributed by atoms with Gasteiger partial charge < -0.3 is 15.4 Å². The molecule has 3 N–H and O–H groups in total. The van der Waals surface area contributed by atoms with Gasteiger partial charge in [0, 0.05) is 12.3 Å². The number of nitrogens with one attached hydrogen (secondary N) is 2. The molecule has 1 aromatic heterocycles. The molecule has 1 unspecified atom stereocenters. The fraction of sp³-hybridized carbons (Fsp3) is 0.200. The van der Waals surface area contributed by atoms with Crippen molar-refractivity contribution in [1.29, 1.82) is 0 Å². The number of rotatable bonds is 5. The van der Waals surface area contributed by atoms with Gasteiger partial charge >= 0.3 is 0 Å². The van der Waals surface area contributed by atoms with E-state index in [0.717, 1.165) is 5.56 Å².